The van der Waals surface area contributed by atoms with E-state index in [1.807, 2.05) is 104 Å². The summed E-state index contributed by atoms with van der Waals surface area (Å²) in [6.07, 6.45) is 1.68. The molecule has 1 spiro atoms. The number of thiophene rings is 7. The third kappa shape index (κ3) is 16.5. The molecule has 1 fully saturated rings. The summed E-state index contributed by atoms with van der Waals surface area (Å²) >= 11 is 12.4. The zero-order valence-corrected chi connectivity index (χ0v) is 69.1. The van der Waals surface area contributed by atoms with E-state index in [-0.39, 0.29) is 42.2 Å². The normalized spacial score (nSPS) is 18.6. The van der Waals surface area contributed by atoms with Gasteiger partial charge in [0.15, 0.2) is 0 Å². The molecule has 14 aromatic rings. The first-order valence-electron chi connectivity index (χ1n) is 38.5. The molecule has 8 aliphatic rings. The second-order valence-corrected chi connectivity index (χ2v) is 34.2. The molecular formula is C92H91N7O7S7. The van der Waals surface area contributed by atoms with Gasteiger partial charge in [-0.2, -0.15) is 0 Å². The van der Waals surface area contributed by atoms with Crippen molar-refractivity contribution in [3.05, 3.63) is 287 Å². The summed E-state index contributed by atoms with van der Waals surface area (Å²) in [4.78, 5) is 9.30. The number of benzene rings is 7. The maximum absolute atomic E-state index is 6.31. The third-order valence-electron chi connectivity index (χ3n) is 20.7. The van der Waals surface area contributed by atoms with E-state index in [0.29, 0.717) is 13.1 Å². The molecule has 8 aliphatic heterocycles. The molecule has 1 saturated heterocycles. The second-order valence-electron chi connectivity index (χ2n) is 27.7. The summed E-state index contributed by atoms with van der Waals surface area (Å²) in [5.41, 5.74) is 28.9. The smallest absolute Gasteiger partial charge is 0.149 e. The number of fused-ring (bicyclic) bond motifs is 22. The highest BCUT2D eigenvalue weighted by atomic mass is 32.1. The van der Waals surface area contributed by atoms with Crippen molar-refractivity contribution in [2.75, 3.05) is 79.5 Å². The summed E-state index contributed by atoms with van der Waals surface area (Å²) < 4.78 is 42.1. The largest absolute Gasteiger partial charge is 0.484 e. The van der Waals surface area contributed by atoms with Crippen LogP contribution in [0.1, 0.15) is 93.8 Å². The molecule has 7 aromatic carbocycles. The first-order chi connectivity index (χ1) is 55.8. The van der Waals surface area contributed by atoms with Crippen molar-refractivity contribution in [2.24, 2.45) is 11.5 Å². The molecule has 0 bridgehead atoms. The van der Waals surface area contributed by atoms with Gasteiger partial charge in [0.25, 0.3) is 0 Å². The van der Waals surface area contributed by atoms with Crippen molar-refractivity contribution in [2.45, 2.75) is 62.5 Å². The van der Waals surface area contributed by atoms with Gasteiger partial charge in [0, 0.05) is 150 Å². The molecule has 9 N–H and O–H groups in total. The van der Waals surface area contributed by atoms with Crippen molar-refractivity contribution in [1.82, 2.24) is 26.6 Å². The fraction of sp³-hybridized carbons (Fsp3) is 0.239. The summed E-state index contributed by atoms with van der Waals surface area (Å²) in [5, 5.41) is 31.4. The lowest BCUT2D eigenvalue weighted by Crippen LogP contribution is -2.37. The van der Waals surface area contributed by atoms with Crippen molar-refractivity contribution in [3.8, 4) is 115 Å². The van der Waals surface area contributed by atoms with Crippen molar-refractivity contribution >= 4 is 79.4 Å². The molecule has 7 aromatic heterocycles. The van der Waals surface area contributed by atoms with Gasteiger partial charge in [-0.1, -0.05) is 117 Å². The van der Waals surface area contributed by atoms with Crippen LogP contribution in [-0.4, -0.2) is 79.5 Å². The van der Waals surface area contributed by atoms with Crippen LogP contribution < -0.4 is 71.2 Å². The van der Waals surface area contributed by atoms with Gasteiger partial charge in [0.1, 0.15) is 82.5 Å². The molecular weight excluding hydrogens is 1540 g/mol. The molecule has 0 radical (unpaired) electrons. The van der Waals surface area contributed by atoms with Crippen molar-refractivity contribution < 1.29 is 33.2 Å². The molecule has 0 aliphatic carbocycles. The topological polar surface area (TPSA) is 177 Å². The van der Waals surface area contributed by atoms with Crippen LogP contribution in [0.3, 0.4) is 0 Å². The number of hydrogen-bond acceptors (Lipinski definition) is 21. The number of rotatable bonds is 12. The first kappa shape index (κ1) is 77.7. The molecule has 7 atom stereocenters. The Labute approximate surface area is 689 Å². The van der Waals surface area contributed by atoms with Crippen molar-refractivity contribution in [3.63, 3.8) is 0 Å². The predicted octanol–water partition coefficient (Wildman–Crippen LogP) is 21.7. The number of nitrogens with two attached hydrogens (primary N) is 2. The highest BCUT2D eigenvalue weighted by Gasteiger charge is 2.44. The summed E-state index contributed by atoms with van der Waals surface area (Å²) in [5.74, 6) is 6.92. The highest BCUT2D eigenvalue weighted by Crippen LogP contribution is 2.53. The van der Waals surface area contributed by atoms with E-state index in [2.05, 4.69) is 212 Å². The zero-order chi connectivity index (χ0) is 77.0. The zero-order valence-electron chi connectivity index (χ0n) is 63.4. The second kappa shape index (κ2) is 36.5. The van der Waals surface area contributed by atoms with Gasteiger partial charge in [-0.15, -0.1) is 79.4 Å². The van der Waals surface area contributed by atoms with E-state index in [1.165, 1.54) is 112 Å². The Balaban J connectivity index is 0.0000000996. The van der Waals surface area contributed by atoms with E-state index in [9.17, 15) is 0 Å². The summed E-state index contributed by atoms with van der Waals surface area (Å²) in [7, 11) is 3.91. The summed E-state index contributed by atoms with van der Waals surface area (Å²) in [6.45, 7) is 12.6. The fourth-order valence-corrected chi connectivity index (χ4v) is 22.2. The van der Waals surface area contributed by atoms with Crippen LogP contribution in [0.15, 0.2) is 250 Å². The molecule has 7 unspecified atom stereocenters. The third-order valence-corrected chi connectivity index (χ3v) is 27.6. The van der Waals surface area contributed by atoms with Crippen LogP contribution >= 0.6 is 79.4 Å². The summed E-state index contributed by atoms with van der Waals surface area (Å²) in [6, 6.07) is 72.8. The molecule has 15 heterocycles. The predicted molar refractivity (Wildman–Crippen MR) is 471 cm³/mol. The lowest BCUT2D eigenvalue weighted by molar-refractivity contribution is 0.0861. The SMILES string of the molecule is CCNCC1Oc2ccccc2-c2ccsc21.CCNCC1Oc2ccccc2-c2sccc21.CNCC1Oc2ccccc2-c2ccsc21.CNCC1Oc2ccccc2-c2sccc21.NCC1Oc2ccccc2-c2ccsc21.NCC1Oc2ccccc2-c2sccc21.c1ccc2c(c1)OC1(CCNC1)c1ccsc1-2. The Hall–Kier alpha value is -9.24. The minimum atomic E-state index is -0.121. The van der Waals surface area contributed by atoms with E-state index >= 15 is 0 Å². The lowest BCUT2D eigenvalue weighted by atomic mass is 9.88. The van der Waals surface area contributed by atoms with E-state index < -0.39 is 0 Å². The van der Waals surface area contributed by atoms with Gasteiger partial charge in [0.05, 0.1) is 14.6 Å². The van der Waals surface area contributed by atoms with Crippen LogP contribution in [0.5, 0.6) is 40.2 Å². The molecule has 0 saturated carbocycles. The van der Waals surface area contributed by atoms with Gasteiger partial charge in [-0.3, -0.25) is 0 Å². The number of hydrogen-bond donors (Lipinski definition) is 7. The average Bonchev–Trinajstić information content (AvgIpc) is 1.62. The minimum Gasteiger partial charge on any atom is -0.484 e. The van der Waals surface area contributed by atoms with Gasteiger partial charge < -0.3 is 71.2 Å². The maximum Gasteiger partial charge on any atom is 0.149 e. The monoisotopic (exact) mass is 1630 g/mol. The van der Waals surface area contributed by atoms with E-state index in [1.54, 1.807) is 68.0 Å². The number of ether oxygens (including phenoxy) is 7. The van der Waals surface area contributed by atoms with Crippen LogP contribution in [-0.2, 0) is 5.60 Å². The van der Waals surface area contributed by atoms with Gasteiger partial charge in [-0.05, 0) is 181 Å². The Morgan fingerprint density at radius 3 is 1.08 bits per heavy atom. The lowest BCUT2D eigenvalue weighted by Gasteiger charge is -2.35. The molecule has 113 heavy (non-hydrogen) atoms. The maximum atomic E-state index is 6.31. The van der Waals surface area contributed by atoms with E-state index in [4.69, 9.17) is 44.6 Å². The number of likely N-dealkylation sites (N-methyl/N-ethyl adjacent to an activating group) is 4. The fourth-order valence-electron chi connectivity index (χ4n) is 15.4. The van der Waals surface area contributed by atoms with Gasteiger partial charge in [0.2, 0.25) is 0 Å². The van der Waals surface area contributed by atoms with Crippen molar-refractivity contribution in [1.29, 1.82) is 0 Å². The Kier molecular flexibility index (Phi) is 25.1. The highest BCUT2D eigenvalue weighted by molar-refractivity contribution is 7.15. The molecule has 14 nitrogen and oxygen atoms in total. The quantitative estimate of drug-likeness (QED) is 0.0615. The van der Waals surface area contributed by atoms with Gasteiger partial charge in [-0.25, -0.2) is 0 Å². The van der Waals surface area contributed by atoms with Gasteiger partial charge >= 0.3 is 0 Å². The van der Waals surface area contributed by atoms with Crippen LogP contribution in [0.4, 0.5) is 0 Å². The Morgan fingerprint density at radius 2 is 0.655 bits per heavy atom. The first-order valence-corrected chi connectivity index (χ1v) is 44.6. The average molecular weight is 1630 g/mol. The number of nitrogens with one attached hydrogen (secondary N) is 5. The van der Waals surface area contributed by atoms with Crippen LogP contribution in [0, 0.1) is 0 Å². The Morgan fingerprint density at radius 1 is 0.336 bits per heavy atom. The molecule has 578 valence electrons. The van der Waals surface area contributed by atoms with Crippen LogP contribution in [0.2, 0.25) is 0 Å². The van der Waals surface area contributed by atoms with Crippen LogP contribution in [0.25, 0.3) is 75.1 Å². The molecule has 0 amide bonds. The number of para-hydroxylation sites is 7. The standard InChI is InChI=1S/C14H13NOS.2C14H15NOS.2C13H13NOS.2C12H11NOS/c1-2-4-12-10(3-1)13-11(5-8-17-13)14(16-12)6-7-15-9-14;1-2-15-9-13-11-7-8-17-14(11)10-5-3-4-6-12(10)16-13;1-2-15-9-13-14-11(7-8-17-14)10-5-3-4-6-12(10)16-13;1-14-8-12-10-6-7-16-13(10)9-4-2-3-5-11(9)15-12;1-14-8-12-13-10(6-7-16-13)9-4-2-3-5-11(9)15-12;13-7-11-9-5-6-15-12(9)8-3-1-2-4-10(8)14-11;13-7-11-12-9(5-6-15-12)8-3-1-2-4-10(8)14-11/h1-5,8,15H,6-7,9H2;2*3-8,13,15H,2,9H2,1H3;2*2-7,12,14H,8H2,1H3;2*1-6,11H,7,13H2. The minimum absolute atomic E-state index is 0.0150. The molecule has 22 rings (SSSR count). The Bertz CT molecular complexity index is 5190. The molecule has 21 heteroatoms. The van der Waals surface area contributed by atoms with E-state index in [0.717, 1.165) is 99.0 Å².